The highest BCUT2D eigenvalue weighted by molar-refractivity contribution is 9.10. The minimum Gasteiger partial charge on any atom is -0.479 e. The maximum absolute atomic E-state index is 12.6. The molecule has 0 aromatic heterocycles. The van der Waals surface area contributed by atoms with Gasteiger partial charge in [0.05, 0.1) is 11.3 Å². The van der Waals surface area contributed by atoms with Crippen molar-refractivity contribution in [2.45, 2.75) is 30.6 Å². The molecule has 2 N–H and O–H groups in total. The van der Waals surface area contributed by atoms with Gasteiger partial charge < -0.3 is 10.1 Å². The largest absolute Gasteiger partial charge is 0.479 e. The summed E-state index contributed by atoms with van der Waals surface area (Å²) in [5.74, 6) is -0.152. The van der Waals surface area contributed by atoms with Gasteiger partial charge in [0, 0.05) is 17.1 Å². The quantitative estimate of drug-likeness (QED) is 0.701. The van der Waals surface area contributed by atoms with Crippen LogP contribution in [0.2, 0.25) is 0 Å². The van der Waals surface area contributed by atoms with Crippen molar-refractivity contribution in [1.82, 2.24) is 4.72 Å². The normalized spacial score (nSPS) is 16.9. The zero-order valence-corrected chi connectivity index (χ0v) is 16.7. The van der Waals surface area contributed by atoms with Gasteiger partial charge in [-0.05, 0) is 46.6 Å². The van der Waals surface area contributed by atoms with Gasteiger partial charge >= 0.3 is 6.18 Å². The molecular weight excluding hydrogens is 465 g/mol. The van der Waals surface area contributed by atoms with Gasteiger partial charge in [0.25, 0.3) is 5.91 Å². The van der Waals surface area contributed by atoms with Crippen LogP contribution >= 0.6 is 15.9 Å². The molecule has 28 heavy (non-hydrogen) atoms. The number of sulfonamides is 1. The van der Waals surface area contributed by atoms with Crippen LogP contribution in [0.15, 0.2) is 45.8 Å². The first-order chi connectivity index (χ1) is 13.0. The molecule has 0 saturated heterocycles. The molecule has 0 bridgehead atoms. The predicted octanol–water partition coefficient (Wildman–Crippen LogP) is 3.67. The molecule has 1 aliphatic rings. The third kappa shape index (κ3) is 4.31. The molecule has 6 nitrogen and oxygen atoms in total. The number of nitrogens with one attached hydrogen (secondary N) is 2. The van der Waals surface area contributed by atoms with E-state index in [1.165, 1.54) is 31.2 Å². The van der Waals surface area contributed by atoms with Crippen molar-refractivity contribution in [3.63, 3.8) is 0 Å². The van der Waals surface area contributed by atoms with E-state index in [1.54, 1.807) is 0 Å². The molecule has 2 aromatic rings. The number of alkyl halides is 3. The summed E-state index contributed by atoms with van der Waals surface area (Å²) >= 11 is 3.15. The van der Waals surface area contributed by atoms with Gasteiger partial charge in [0.1, 0.15) is 10.6 Å². The second kappa shape index (κ2) is 7.37. The summed E-state index contributed by atoms with van der Waals surface area (Å²) in [4.78, 5) is 11.5. The summed E-state index contributed by atoms with van der Waals surface area (Å²) in [6, 6.07) is 6.85. The fourth-order valence-electron chi connectivity index (χ4n) is 2.48. The third-order valence-corrected chi connectivity index (χ3v) is 6.36. The van der Waals surface area contributed by atoms with Crippen molar-refractivity contribution in [3.8, 4) is 5.75 Å². The Morgan fingerprint density at radius 1 is 1.21 bits per heavy atom. The van der Waals surface area contributed by atoms with Crippen molar-refractivity contribution in [1.29, 1.82) is 0 Å². The number of halogens is 4. The fourth-order valence-corrected chi connectivity index (χ4v) is 4.55. The van der Waals surface area contributed by atoms with Crippen LogP contribution in [0, 0.1) is 0 Å². The molecule has 2 aromatic carbocycles. The lowest BCUT2D eigenvalue weighted by Gasteiger charge is -2.24. The van der Waals surface area contributed by atoms with Crippen LogP contribution in [-0.4, -0.2) is 20.4 Å². The summed E-state index contributed by atoms with van der Waals surface area (Å²) in [5, 5.41) is 2.60. The minimum absolute atomic E-state index is 0.124. The minimum atomic E-state index is -4.46. The first kappa shape index (κ1) is 20.6. The maximum Gasteiger partial charge on any atom is 0.416 e. The van der Waals surface area contributed by atoms with E-state index in [-0.39, 0.29) is 27.6 Å². The summed E-state index contributed by atoms with van der Waals surface area (Å²) < 4.78 is 71.0. The van der Waals surface area contributed by atoms with E-state index in [1.807, 2.05) is 0 Å². The highest BCUT2D eigenvalue weighted by Crippen LogP contribution is 2.37. The number of hydrogen-bond donors (Lipinski definition) is 2. The first-order valence-electron chi connectivity index (χ1n) is 7.94. The van der Waals surface area contributed by atoms with Crippen molar-refractivity contribution in [3.05, 3.63) is 52.0 Å². The lowest BCUT2D eigenvalue weighted by molar-refractivity contribution is -0.137. The highest BCUT2D eigenvalue weighted by Gasteiger charge is 2.30. The SMILES string of the molecule is CC1Oc2cc(S(=O)(=O)NCc3ccc(C(F)(F)F)cc3)c(Br)cc2NC1=O. The molecule has 0 saturated carbocycles. The number of hydrogen-bond acceptors (Lipinski definition) is 4. The first-order valence-corrected chi connectivity index (χ1v) is 10.2. The Kier molecular flexibility index (Phi) is 5.43. The van der Waals surface area contributed by atoms with E-state index in [9.17, 15) is 26.4 Å². The van der Waals surface area contributed by atoms with Crippen molar-refractivity contribution < 1.29 is 31.1 Å². The number of fused-ring (bicyclic) bond motifs is 1. The second-order valence-electron chi connectivity index (χ2n) is 6.05. The van der Waals surface area contributed by atoms with Crippen molar-refractivity contribution in [2.75, 3.05) is 5.32 Å². The van der Waals surface area contributed by atoms with Crippen LogP contribution in [0.25, 0.3) is 0 Å². The molecule has 0 radical (unpaired) electrons. The average molecular weight is 479 g/mol. The number of carbonyl (C=O) groups excluding carboxylic acids is 1. The third-order valence-electron chi connectivity index (χ3n) is 4.00. The van der Waals surface area contributed by atoms with Crippen LogP contribution < -0.4 is 14.8 Å². The fraction of sp³-hybridized carbons (Fsp3) is 0.235. The summed E-state index contributed by atoms with van der Waals surface area (Å²) in [6.45, 7) is 1.33. The molecule has 1 unspecified atom stereocenters. The standard InChI is InChI=1S/C17H14BrF3N2O4S/c1-9-16(24)23-13-6-12(18)15(7-14(13)27-9)28(25,26)22-8-10-2-4-11(5-3-10)17(19,20)21/h2-7,9,22H,8H2,1H3,(H,23,24). The average Bonchev–Trinajstić information content (AvgIpc) is 2.60. The number of ether oxygens (including phenoxy) is 1. The van der Waals surface area contributed by atoms with Crippen LogP contribution in [0.4, 0.5) is 18.9 Å². The molecule has 150 valence electrons. The van der Waals surface area contributed by atoms with Gasteiger partial charge in [0.2, 0.25) is 10.0 Å². The van der Waals surface area contributed by atoms with Gasteiger partial charge in [-0.2, -0.15) is 13.2 Å². The Morgan fingerprint density at radius 2 is 1.86 bits per heavy atom. The second-order valence-corrected chi connectivity index (χ2v) is 8.64. The van der Waals surface area contributed by atoms with Crippen molar-refractivity contribution in [2.24, 2.45) is 0 Å². The molecular formula is C17H14BrF3N2O4S. The van der Waals surface area contributed by atoms with Crippen LogP contribution in [0.1, 0.15) is 18.1 Å². The maximum atomic E-state index is 12.6. The van der Waals surface area contributed by atoms with E-state index >= 15 is 0 Å². The van der Waals surface area contributed by atoms with Crippen LogP contribution in [0.5, 0.6) is 5.75 Å². The number of rotatable bonds is 4. The zero-order valence-electron chi connectivity index (χ0n) is 14.3. The highest BCUT2D eigenvalue weighted by atomic mass is 79.9. The van der Waals surface area contributed by atoms with Gasteiger partial charge in [0.15, 0.2) is 6.10 Å². The number of benzene rings is 2. The van der Waals surface area contributed by atoms with Gasteiger partial charge in [-0.3, -0.25) is 4.79 Å². The monoisotopic (exact) mass is 478 g/mol. The molecule has 0 aliphatic carbocycles. The number of anilines is 1. The molecule has 1 amide bonds. The van der Waals surface area contributed by atoms with Crippen molar-refractivity contribution >= 4 is 37.5 Å². The Balaban J connectivity index is 1.80. The lowest BCUT2D eigenvalue weighted by Crippen LogP contribution is -2.34. The van der Waals surface area contributed by atoms with E-state index in [0.717, 1.165) is 12.1 Å². The zero-order chi connectivity index (χ0) is 20.7. The van der Waals surface area contributed by atoms with Gasteiger partial charge in [-0.25, -0.2) is 13.1 Å². The summed E-state index contributed by atoms with van der Waals surface area (Å²) in [5.41, 5.74) is -0.121. The number of carbonyl (C=O) groups is 1. The molecule has 0 spiro atoms. The molecule has 11 heteroatoms. The summed E-state index contributed by atoms with van der Waals surface area (Å²) in [6.07, 6.45) is -5.23. The Labute approximate surface area is 167 Å². The molecule has 3 rings (SSSR count). The van der Waals surface area contributed by atoms with Crippen LogP contribution in [-0.2, 0) is 27.5 Å². The molecule has 0 fully saturated rings. The topological polar surface area (TPSA) is 84.5 Å². The van der Waals surface area contributed by atoms with E-state index in [4.69, 9.17) is 4.74 Å². The Morgan fingerprint density at radius 3 is 2.46 bits per heavy atom. The lowest BCUT2D eigenvalue weighted by atomic mass is 10.1. The van der Waals surface area contributed by atoms with E-state index < -0.39 is 27.9 Å². The van der Waals surface area contributed by atoms with Gasteiger partial charge in [-0.15, -0.1) is 0 Å². The Bertz CT molecular complexity index is 1020. The predicted molar refractivity (Wildman–Crippen MR) is 98.3 cm³/mol. The molecule has 1 aliphatic heterocycles. The van der Waals surface area contributed by atoms with E-state index in [0.29, 0.717) is 11.3 Å². The number of amides is 1. The van der Waals surface area contributed by atoms with Crippen LogP contribution in [0.3, 0.4) is 0 Å². The molecule has 1 heterocycles. The molecule has 1 atom stereocenters. The smallest absolute Gasteiger partial charge is 0.416 e. The summed E-state index contributed by atoms with van der Waals surface area (Å²) in [7, 11) is -4.00. The van der Waals surface area contributed by atoms with E-state index in [2.05, 4.69) is 26.0 Å². The van der Waals surface area contributed by atoms with Gasteiger partial charge in [-0.1, -0.05) is 12.1 Å². The Hall–Kier alpha value is -2.11.